The molecule has 0 bridgehead atoms. The number of nitrogens with one attached hydrogen (secondary N) is 1. The monoisotopic (exact) mass is 521 g/mol. The Morgan fingerprint density at radius 2 is 0.732 bits per heavy atom. The van der Waals surface area contributed by atoms with E-state index < -0.39 is 0 Å². The van der Waals surface area contributed by atoms with Crippen LogP contribution in [0.1, 0.15) is 0 Å². The van der Waals surface area contributed by atoms with Crippen LogP contribution in [0, 0.1) is 0 Å². The van der Waals surface area contributed by atoms with Gasteiger partial charge in [-0.2, -0.15) is 0 Å². The minimum Gasteiger partial charge on any atom is -0.361 e. The molecule has 1 aromatic heterocycles. The molecule has 0 unspecified atom stereocenters. The molecule has 0 fully saturated rings. The van der Waals surface area contributed by atoms with Crippen LogP contribution in [0.3, 0.4) is 0 Å². The van der Waals surface area contributed by atoms with Gasteiger partial charge in [-0.1, -0.05) is 127 Å². The Balaban J connectivity index is 1.10. The summed E-state index contributed by atoms with van der Waals surface area (Å²) < 4.78 is 0. The van der Waals surface area contributed by atoms with Crippen LogP contribution in [-0.2, 0) is 0 Å². The van der Waals surface area contributed by atoms with Crippen molar-refractivity contribution in [3.8, 4) is 44.5 Å². The normalized spacial score (nSPS) is 11.4. The summed E-state index contributed by atoms with van der Waals surface area (Å²) in [5.41, 5.74) is 11.0. The van der Waals surface area contributed by atoms with Crippen molar-refractivity contribution < 1.29 is 0 Å². The van der Waals surface area contributed by atoms with Crippen molar-refractivity contribution in [2.45, 2.75) is 0 Å². The average Bonchev–Trinajstić information content (AvgIpc) is 3.48. The second-order valence-corrected chi connectivity index (χ2v) is 10.7. The van der Waals surface area contributed by atoms with E-state index in [-0.39, 0.29) is 0 Å². The number of fused-ring (bicyclic) bond motifs is 3. The fourth-order valence-electron chi connectivity index (χ4n) is 5.97. The van der Waals surface area contributed by atoms with Crippen molar-refractivity contribution in [3.05, 3.63) is 158 Å². The molecule has 192 valence electrons. The number of hydrogen-bond acceptors (Lipinski definition) is 0. The van der Waals surface area contributed by atoms with E-state index in [4.69, 9.17) is 0 Å². The van der Waals surface area contributed by atoms with E-state index in [1.54, 1.807) is 0 Å². The third-order valence-electron chi connectivity index (χ3n) is 8.26. The van der Waals surface area contributed by atoms with Crippen LogP contribution in [-0.4, -0.2) is 4.98 Å². The molecule has 41 heavy (non-hydrogen) atoms. The maximum absolute atomic E-state index is 3.48. The zero-order valence-corrected chi connectivity index (χ0v) is 22.5. The first-order chi connectivity index (χ1) is 20.3. The zero-order valence-electron chi connectivity index (χ0n) is 22.5. The van der Waals surface area contributed by atoms with Crippen molar-refractivity contribution in [1.29, 1.82) is 0 Å². The van der Waals surface area contributed by atoms with E-state index in [1.165, 1.54) is 71.4 Å². The number of hydrogen-bond donors (Lipinski definition) is 1. The van der Waals surface area contributed by atoms with Crippen LogP contribution >= 0.6 is 0 Å². The van der Waals surface area contributed by atoms with Crippen molar-refractivity contribution >= 4 is 32.4 Å². The van der Waals surface area contributed by atoms with Gasteiger partial charge in [0.1, 0.15) is 0 Å². The van der Waals surface area contributed by atoms with E-state index in [9.17, 15) is 0 Å². The highest BCUT2D eigenvalue weighted by Gasteiger charge is 2.10. The molecule has 0 amide bonds. The molecule has 0 aliphatic carbocycles. The maximum atomic E-state index is 3.48. The largest absolute Gasteiger partial charge is 0.361 e. The Labute approximate surface area is 239 Å². The molecule has 1 nitrogen and oxygen atoms in total. The molecular formula is C40H27N. The summed E-state index contributed by atoms with van der Waals surface area (Å²) in [5, 5.41) is 6.31. The lowest BCUT2D eigenvalue weighted by Crippen LogP contribution is -1.83. The van der Waals surface area contributed by atoms with E-state index in [2.05, 4.69) is 163 Å². The van der Waals surface area contributed by atoms with Crippen LogP contribution < -0.4 is 0 Å². The lowest BCUT2D eigenvalue weighted by molar-refractivity contribution is 1.47. The minimum atomic E-state index is 1.15. The van der Waals surface area contributed by atoms with Gasteiger partial charge in [-0.05, 0) is 84.8 Å². The van der Waals surface area contributed by atoms with Gasteiger partial charge in [-0.15, -0.1) is 0 Å². The summed E-state index contributed by atoms with van der Waals surface area (Å²) in [6.07, 6.45) is 2.13. The molecule has 7 aromatic carbocycles. The van der Waals surface area contributed by atoms with Crippen LogP contribution in [0.25, 0.3) is 77.0 Å². The van der Waals surface area contributed by atoms with Gasteiger partial charge in [0.2, 0.25) is 0 Å². The molecule has 0 saturated heterocycles. The van der Waals surface area contributed by atoms with Gasteiger partial charge in [0.15, 0.2) is 0 Å². The number of aromatic amines is 1. The van der Waals surface area contributed by atoms with Gasteiger partial charge in [0.05, 0.1) is 0 Å². The molecule has 0 aliphatic heterocycles. The van der Waals surface area contributed by atoms with Crippen molar-refractivity contribution in [1.82, 2.24) is 4.98 Å². The predicted octanol–water partition coefficient (Wildman–Crippen LogP) is 11.1. The number of benzene rings is 7. The highest BCUT2D eigenvalue weighted by Crippen LogP contribution is 2.35. The summed E-state index contributed by atoms with van der Waals surface area (Å²) >= 11 is 0. The quantitative estimate of drug-likeness (QED) is 0.237. The van der Waals surface area contributed by atoms with E-state index in [1.807, 2.05) is 0 Å². The molecule has 0 spiro atoms. The Kier molecular flexibility index (Phi) is 5.53. The topological polar surface area (TPSA) is 15.8 Å². The molecule has 1 heterocycles. The fourth-order valence-corrected chi connectivity index (χ4v) is 5.97. The SMILES string of the molecule is c1ccc2cc(-c3ccc(-c4ccc5[nH]cc(-c6ccc(-c7ccc8ccccc8c7)cc6)c5c4)cc3)ccc2c1. The Morgan fingerprint density at radius 3 is 1.27 bits per heavy atom. The molecule has 1 N–H and O–H groups in total. The Hall–Kier alpha value is -5.40. The molecule has 8 rings (SSSR count). The molecule has 1 heteroatoms. The van der Waals surface area contributed by atoms with Crippen molar-refractivity contribution in [2.24, 2.45) is 0 Å². The van der Waals surface area contributed by atoms with Gasteiger partial charge in [0, 0.05) is 22.7 Å². The molecular weight excluding hydrogens is 494 g/mol. The lowest BCUT2D eigenvalue weighted by atomic mass is 9.96. The summed E-state index contributed by atoms with van der Waals surface area (Å²) in [7, 11) is 0. The van der Waals surface area contributed by atoms with Crippen LogP contribution in [0.4, 0.5) is 0 Å². The lowest BCUT2D eigenvalue weighted by Gasteiger charge is -2.08. The Bertz CT molecular complexity index is 2180. The molecule has 0 aliphatic rings. The number of aromatic nitrogens is 1. The van der Waals surface area contributed by atoms with Crippen LogP contribution in [0.2, 0.25) is 0 Å². The van der Waals surface area contributed by atoms with Gasteiger partial charge in [-0.3, -0.25) is 0 Å². The number of rotatable bonds is 4. The fraction of sp³-hybridized carbons (Fsp3) is 0. The highest BCUT2D eigenvalue weighted by atomic mass is 14.7. The average molecular weight is 522 g/mol. The second kappa shape index (κ2) is 9.66. The predicted molar refractivity (Wildman–Crippen MR) is 175 cm³/mol. The minimum absolute atomic E-state index is 1.15. The van der Waals surface area contributed by atoms with Gasteiger partial charge >= 0.3 is 0 Å². The first-order valence-corrected chi connectivity index (χ1v) is 14.1. The van der Waals surface area contributed by atoms with E-state index in [0.717, 1.165) is 5.52 Å². The van der Waals surface area contributed by atoms with Crippen molar-refractivity contribution in [3.63, 3.8) is 0 Å². The van der Waals surface area contributed by atoms with Crippen molar-refractivity contribution in [2.75, 3.05) is 0 Å². The highest BCUT2D eigenvalue weighted by molar-refractivity contribution is 5.98. The zero-order chi connectivity index (χ0) is 27.2. The maximum Gasteiger partial charge on any atom is 0.0460 e. The van der Waals surface area contributed by atoms with Gasteiger partial charge in [-0.25, -0.2) is 0 Å². The Morgan fingerprint density at radius 1 is 0.317 bits per heavy atom. The third-order valence-corrected chi connectivity index (χ3v) is 8.26. The molecule has 0 saturated carbocycles. The molecule has 0 atom stereocenters. The summed E-state index contributed by atoms with van der Waals surface area (Å²) in [4.78, 5) is 3.48. The standard InChI is InChI=1S/C40H27N/c1-3-7-33-23-35(19-15-27(33)5-1)29-9-11-31(12-10-29)37-21-22-40-38(25-37)39(26-41-40)32-17-13-30(14-18-32)36-20-16-28-6-2-4-8-34(28)24-36/h1-26,41H. The van der Waals surface area contributed by atoms with Crippen LogP contribution in [0.15, 0.2) is 158 Å². The van der Waals surface area contributed by atoms with E-state index in [0.29, 0.717) is 0 Å². The summed E-state index contributed by atoms with van der Waals surface area (Å²) in [6, 6.07) is 55.0. The van der Waals surface area contributed by atoms with Crippen LogP contribution in [0.5, 0.6) is 0 Å². The second-order valence-electron chi connectivity index (χ2n) is 10.7. The van der Waals surface area contributed by atoms with E-state index >= 15 is 0 Å². The molecule has 0 radical (unpaired) electrons. The summed E-state index contributed by atoms with van der Waals surface area (Å²) in [5.74, 6) is 0. The van der Waals surface area contributed by atoms with Gasteiger partial charge in [0.25, 0.3) is 0 Å². The third kappa shape index (κ3) is 4.29. The smallest absolute Gasteiger partial charge is 0.0460 e. The number of H-pyrrole nitrogens is 1. The molecule has 8 aromatic rings. The first-order valence-electron chi connectivity index (χ1n) is 14.1. The summed E-state index contributed by atoms with van der Waals surface area (Å²) in [6.45, 7) is 0. The van der Waals surface area contributed by atoms with Gasteiger partial charge < -0.3 is 4.98 Å². The first kappa shape index (κ1) is 23.5.